The van der Waals surface area contributed by atoms with Crippen molar-refractivity contribution in [3.05, 3.63) is 87.0 Å². The van der Waals surface area contributed by atoms with Crippen LogP contribution in [0.3, 0.4) is 0 Å². The van der Waals surface area contributed by atoms with Gasteiger partial charge in [0.25, 0.3) is 17.5 Å². The molecule has 2 heterocycles. The van der Waals surface area contributed by atoms with Gasteiger partial charge in [-0.1, -0.05) is 12.1 Å². The highest BCUT2D eigenvalue weighted by Gasteiger charge is 2.36. The Morgan fingerprint density at radius 3 is 2.49 bits per heavy atom. The zero-order valence-electron chi connectivity index (χ0n) is 18.9. The number of nitro benzene ring substituents is 1. The smallest absolute Gasteiger partial charge is 0.271 e. The van der Waals surface area contributed by atoms with Crippen molar-refractivity contribution in [3.8, 4) is 11.4 Å². The third-order valence-electron chi connectivity index (χ3n) is 5.58. The molecule has 35 heavy (non-hydrogen) atoms. The minimum atomic E-state index is -0.776. The van der Waals surface area contributed by atoms with Crippen LogP contribution in [0.1, 0.15) is 17.0 Å². The number of halogens is 1. The maximum atomic E-state index is 14.4. The fourth-order valence-electron chi connectivity index (χ4n) is 3.94. The van der Waals surface area contributed by atoms with Crippen LogP contribution < -0.4 is 15.0 Å². The lowest BCUT2D eigenvalue weighted by molar-refractivity contribution is -0.384. The maximum absolute atomic E-state index is 14.4. The summed E-state index contributed by atoms with van der Waals surface area (Å²) in [4.78, 5) is 37.6. The Kier molecular flexibility index (Phi) is 6.18. The molecule has 9 nitrogen and oxygen atoms in total. The van der Waals surface area contributed by atoms with E-state index in [2.05, 4.69) is 5.32 Å². The van der Waals surface area contributed by atoms with E-state index >= 15 is 0 Å². The number of nitrogens with zero attached hydrogens (tertiary/aromatic N) is 3. The van der Waals surface area contributed by atoms with E-state index in [0.717, 1.165) is 4.90 Å². The molecule has 1 aliphatic heterocycles. The van der Waals surface area contributed by atoms with Gasteiger partial charge >= 0.3 is 0 Å². The minimum Gasteiger partial charge on any atom is -0.495 e. The Labute approximate surface area is 204 Å². The maximum Gasteiger partial charge on any atom is 0.271 e. The molecular formula is C24H19FN4O5S. The number of rotatable bonds is 5. The highest BCUT2D eigenvalue weighted by molar-refractivity contribution is 7.80. The summed E-state index contributed by atoms with van der Waals surface area (Å²) in [7, 11) is 1.45. The third-order valence-corrected chi connectivity index (χ3v) is 5.86. The first-order chi connectivity index (χ1) is 16.6. The number of aryl methyl sites for hydroxylation is 1. The normalized spacial score (nSPS) is 14.9. The SMILES string of the molecule is COc1ccc([N+](=O)[O-])cc1-n1c(C)cc(/C=C2\C(=O)NC(=S)N(c3ccccc3F)C2=O)c1C. The number of hydrogen-bond acceptors (Lipinski definition) is 6. The summed E-state index contributed by atoms with van der Waals surface area (Å²) >= 11 is 5.12. The number of aromatic nitrogens is 1. The average molecular weight is 495 g/mol. The fourth-order valence-corrected chi connectivity index (χ4v) is 4.21. The molecule has 1 N–H and O–H groups in total. The first-order valence-electron chi connectivity index (χ1n) is 10.3. The molecule has 1 saturated heterocycles. The van der Waals surface area contributed by atoms with Gasteiger partial charge < -0.3 is 9.30 Å². The molecule has 0 aliphatic carbocycles. The van der Waals surface area contributed by atoms with E-state index in [0.29, 0.717) is 28.4 Å². The van der Waals surface area contributed by atoms with Crippen molar-refractivity contribution in [2.75, 3.05) is 12.0 Å². The number of methoxy groups -OCH3 is 1. The molecule has 178 valence electrons. The van der Waals surface area contributed by atoms with Gasteiger partial charge in [-0.05, 0) is 62.0 Å². The van der Waals surface area contributed by atoms with Crippen molar-refractivity contribution >= 4 is 46.6 Å². The van der Waals surface area contributed by atoms with Crippen LogP contribution in [0.25, 0.3) is 11.8 Å². The van der Waals surface area contributed by atoms with Crippen molar-refractivity contribution in [2.24, 2.45) is 0 Å². The predicted molar refractivity (Wildman–Crippen MR) is 131 cm³/mol. The van der Waals surface area contributed by atoms with Crippen LogP contribution in [0.2, 0.25) is 0 Å². The lowest BCUT2D eigenvalue weighted by Crippen LogP contribution is -2.54. The summed E-state index contributed by atoms with van der Waals surface area (Å²) in [5, 5.41) is 13.5. The van der Waals surface area contributed by atoms with Gasteiger partial charge in [-0.25, -0.2) is 9.29 Å². The van der Waals surface area contributed by atoms with Crippen LogP contribution in [-0.4, -0.2) is 33.5 Å². The zero-order chi connectivity index (χ0) is 25.4. The van der Waals surface area contributed by atoms with Crippen LogP contribution in [0.5, 0.6) is 5.75 Å². The lowest BCUT2D eigenvalue weighted by Gasteiger charge is -2.29. The molecule has 1 aliphatic rings. The first-order valence-corrected chi connectivity index (χ1v) is 10.7. The molecule has 0 atom stereocenters. The zero-order valence-corrected chi connectivity index (χ0v) is 19.7. The van der Waals surface area contributed by atoms with Gasteiger partial charge in [-0.15, -0.1) is 0 Å². The first kappa shape index (κ1) is 23.8. The van der Waals surface area contributed by atoms with Gasteiger partial charge in [0.1, 0.15) is 17.1 Å². The molecule has 0 saturated carbocycles. The predicted octanol–water partition coefficient (Wildman–Crippen LogP) is 3.98. The summed E-state index contributed by atoms with van der Waals surface area (Å²) in [6.07, 6.45) is 1.38. The van der Waals surface area contributed by atoms with E-state index < -0.39 is 22.6 Å². The number of thiocarbonyl (C=S) groups is 1. The van der Waals surface area contributed by atoms with Crippen LogP contribution >= 0.6 is 12.2 Å². The summed E-state index contributed by atoms with van der Waals surface area (Å²) in [5.41, 5.74) is 1.77. The van der Waals surface area contributed by atoms with Gasteiger partial charge in [0.05, 0.1) is 23.4 Å². The molecule has 1 aromatic heterocycles. The summed E-state index contributed by atoms with van der Waals surface area (Å²) in [6.45, 7) is 3.51. The molecule has 1 fully saturated rings. The quantitative estimate of drug-likeness (QED) is 0.189. The van der Waals surface area contributed by atoms with E-state index in [1.54, 1.807) is 30.5 Å². The van der Waals surface area contributed by atoms with Crippen molar-refractivity contribution < 1.29 is 23.6 Å². The van der Waals surface area contributed by atoms with E-state index in [1.807, 2.05) is 0 Å². The van der Waals surface area contributed by atoms with Crippen LogP contribution in [0, 0.1) is 29.8 Å². The number of carbonyl (C=O) groups is 2. The molecule has 3 aromatic rings. The van der Waals surface area contributed by atoms with Gasteiger partial charge in [0, 0.05) is 23.5 Å². The molecule has 0 bridgehead atoms. The van der Waals surface area contributed by atoms with Crippen LogP contribution in [0.4, 0.5) is 15.8 Å². The summed E-state index contributed by atoms with van der Waals surface area (Å²) in [5.74, 6) is -1.76. The molecular weight excluding hydrogens is 475 g/mol. The number of anilines is 1. The van der Waals surface area contributed by atoms with E-state index in [1.165, 1.54) is 49.6 Å². The standard InChI is InChI=1S/C24H19FN4O5S/c1-13-10-15(14(2)27(13)20-12-16(29(32)33)8-9-21(20)34-3)11-17-22(30)26-24(35)28(23(17)31)19-7-5-4-6-18(19)25/h4-12H,1-3H3,(H,26,30,35)/b17-11+. The largest absolute Gasteiger partial charge is 0.495 e. The third kappa shape index (κ3) is 4.17. The van der Waals surface area contributed by atoms with E-state index in [9.17, 15) is 24.1 Å². The van der Waals surface area contributed by atoms with E-state index in [4.69, 9.17) is 17.0 Å². The number of amides is 2. The minimum absolute atomic E-state index is 0.0831. The highest BCUT2D eigenvalue weighted by atomic mass is 32.1. The highest BCUT2D eigenvalue weighted by Crippen LogP contribution is 2.32. The molecule has 4 rings (SSSR count). The Hall–Kier alpha value is -4.38. The number of nitrogens with one attached hydrogen (secondary N) is 1. The van der Waals surface area contributed by atoms with E-state index in [-0.39, 0.29) is 22.1 Å². The molecule has 0 radical (unpaired) electrons. The number of benzene rings is 2. The number of hydrogen-bond donors (Lipinski definition) is 1. The van der Waals surface area contributed by atoms with Crippen molar-refractivity contribution in [2.45, 2.75) is 13.8 Å². The second-order valence-electron chi connectivity index (χ2n) is 7.68. The Morgan fingerprint density at radius 1 is 1.11 bits per heavy atom. The molecule has 2 amide bonds. The Balaban J connectivity index is 1.82. The van der Waals surface area contributed by atoms with Crippen molar-refractivity contribution in [3.63, 3.8) is 0 Å². The summed E-state index contributed by atoms with van der Waals surface area (Å²) < 4.78 is 21.5. The average Bonchev–Trinajstić information content (AvgIpc) is 3.09. The van der Waals surface area contributed by atoms with Gasteiger partial charge in [0.2, 0.25) is 0 Å². The fraction of sp³-hybridized carbons (Fsp3) is 0.125. The summed E-state index contributed by atoms with van der Waals surface area (Å²) in [6, 6.07) is 11.5. The molecule has 11 heteroatoms. The van der Waals surface area contributed by atoms with Gasteiger partial charge in [-0.2, -0.15) is 0 Å². The lowest BCUT2D eigenvalue weighted by atomic mass is 10.1. The number of carbonyl (C=O) groups excluding carboxylic acids is 2. The monoisotopic (exact) mass is 494 g/mol. The molecule has 0 unspecified atom stereocenters. The molecule has 2 aromatic carbocycles. The number of nitro groups is 1. The van der Waals surface area contributed by atoms with Gasteiger partial charge in [0.15, 0.2) is 5.11 Å². The second-order valence-corrected chi connectivity index (χ2v) is 8.07. The van der Waals surface area contributed by atoms with Crippen LogP contribution in [-0.2, 0) is 9.59 Å². The van der Waals surface area contributed by atoms with Crippen LogP contribution in [0.15, 0.2) is 54.1 Å². The Bertz CT molecular complexity index is 1450. The Morgan fingerprint density at radius 2 is 1.83 bits per heavy atom. The van der Waals surface area contributed by atoms with Crippen molar-refractivity contribution in [1.29, 1.82) is 0 Å². The van der Waals surface area contributed by atoms with Gasteiger partial charge in [-0.3, -0.25) is 25.0 Å². The number of ether oxygens (including phenoxy) is 1. The van der Waals surface area contributed by atoms with Crippen molar-refractivity contribution in [1.82, 2.24) is 9.88 Å². The topological polar surface area (TPSA) is 107 Å². The number of para-hydroxylation sites is 1. The molecule has 0 spiro atoms. The number of non-ortho nitro benzene ring substituents is 1. The second kappa shape index (κ2) is 9.11.